The minimum absolute atomic E-state index is 0.0339. The average molecular weight is 548 g/mol. The molecule has 0 spiro atoms. The lowest BCUT2D eigenvalue weighted by molar-refractivity contribution is -0.148. The van der Waals surface area contributed by atoms with Crippen LogP contribution in [-0.2, 0) is 22.6 Å². The van der Waals surface area contributed by atoms with Gasteiger partial charge in [-0.05, 0) is 81.4 Å². The van der Waals surface area contributed by atoms with Crippen LogP contribution in [0.4, 0.5) is 0 Å². The topological polar surface area (TPSA) is 165 Å². The van der Waals surface area contributed by atoms with Gasteiger partial charge in [-0.1, -0.05) is 18.2 Å². The summed E-state index contributed by atoms with van der Waals surface area (Å²) in [4.78, 5) is 43.4. The predicted molar refractivity (Wildman–Crippen MR) is 146 cm³/mol. The molecule has 1 saturated heterocycles. The molecule has 10 nitrogen and oxygen atoms in total. The normalized spacial score (nSPS) is 28.8. The maximum Gasteiger partial charge on any atom is 0.255 e. The van der Waals surface area contributed by atoms with Crippen molar-refractivity contribution in [3.63, 3.8) is 0 Å². The van der Waals surface area contributed by atoms with Crippen molar-refractivity contribution < 1.29 is 34.8 Å². The molecule has 1 fully saturated rings. The molecule has 1 amide bonds. The Kier molecular flexibility index (Phi) is 6.06. The van der Waals surface area contributed by atoms with E-state index >= 15 is 0 Å². The minimum Gasteiger partial charge on any atom is -0.510 e. The molecule has 0 radical (unpaired) electrons. The van der Waals surface area contributed by atoms with E-state index in [1.54, 1.807) is 25.1 Å². The standard InChI is InChI=1S/C30H33N3O7/c1-32(2)23-19-12-16-10-15-11-18-14(13-33-8-3-4-9-33)6-5-7-17(18)24(34)20(15)25(35)21(16)27(37)30(19,40)28(38)22(26(23)36)29(31)39/h5-7,11,16,19,23,34,36-37,40H,3-4,8-10,12-13H2,1-2H3,(H2,31,39)/t16-,19-,23-,30-/m0/s1. The molecule has 10 heteroatoms. The second-order valence-electron chi connectivity index (χ2n) is 11.7. The van der Waals surface area contributed by atoms with E-state index in [1.807, 2.05) is 18.2 Å². The molecule has 1 heterocycles. The van der Waals surface area contributed by atoms with E-state index in [2.05, 4.69) is 4.90 Å². The fraction of sp³-hybridized carbons (Fsp3) is 0.433. The number of nitrogens with zero attached hydrogens (tertiary/aromatic N) is 2. The number of allylic oxidation sites excluding steroid dienone is 1. The predicted octanol–water partition coefficient (Wildman–Crippen LogP) is 1.87. The van der Waals surface area contributed by atoms with Gasteiger partial charge < -0.3 is 26.2 Å². The van der Waals surface area contributed by atoms with Crippen LogP contribution in [0.1, 0.15) is 40.7 Å². The van der Waals surface area contributed by atoms with Gasteiger partial charge in [-0.15, -0.1) is 0 Å². The highest BCUT2D eigenvalue weighted by Gasteiger charge is 2.63. The monoisotopic (exact) mass is 547 g/mol. The third-order valence-corrected chi connectivity index (χ3v) is 9.25. The Balaban J connectivity index is 1.50. The summed E-state index contributed by atoms with van der Waals surface area (Å²) in [6.07, 6.45) is 2.64. The molecule has 1 aliphatic heterocycles. The summed E-state index contributed by atoms with van der Waals surface area (Å²) >= 11 is 0. The van der Waals surface area contributed by atoms with Crippen LogP contribution in [0.15, 0.2) is 46.9 Å². The Labute approximate surface area is 231 Å². The summed E-state index contributed by atoms with van der Waals surface area (Å²) in [7, 11) is 3.22. The Bertz CT molecular complexity index is 1550. The SMILES string of the molecule is CN(C)[C@@H]1C(O)=C(C(N)=O)C(=O)[C@@]2(O)C(O)=C3C(=O)c4c(cc5c(CN6CCCC6)cccc5c4O)C[C@H]3C[C@@H]12. The van der Waals surface area contributed by atoms with Gasteiger partial charge in [0.2, 0.25) is 5.78 Å². The van der Waals surface area contributed by atoms with Crippen molar-refractivity contribution in [1.29, 1.82) is 0 Å². The van der Waals surface area contributed by atoms with Crippen LogP contribution in [0.3, 0.4) is 0 Å². The van der Waals surface area contributed by atoms with Gasteiger partial charge >= 0.3 is 0 Å². The number of aliphatic hydroxyl groups is 3. The number of amides is 1. The van der Waals surface area contributed by atoms with E-state index in [1.165, 1.54) is 0 Å². The second-order valence-corrected chi connectivity index (χ2v) is 11.7. The molecular weight excluding hydrogens is 514 g/mol. The van der Waals surface area contributed by atoms with Crippen molar-refractivity contribution in [2.75, 3.05) is 27.2 Å². The number of fused-ring (bicyclic) bond motifs is 4. The van der Waals surface area contributed by atoms with E-state index in [0.29, 0.717) is 10.9 Å². The van der Waals surface area contributed by atoms with Crippen molar-refractivity contribution >= 4 is 28.2 Å². The number of rotatable bonds is 4. The number of hydrogen-bond acceptors (Lipinski definition) is 9. The van der Waals surface area contributed by atoms with Crippen molar-refractivity contribution in [1.82, 2.24) is 9.80 Å². The fourth-order valence-electron chi connectivity index (χ4n) is 7.43. The van der Waals surface area contributed by atoms with Crippen molar-refractivity contribution in [2.45, 2.75) is 43.9 Å². The van der Waals surface area contributed by atoms with E-state index in [9.17, 15) is 34.8 Å². The number of nitrogens with two attached hydrogens (primary N) is 1. The fourth-order valence-corrected chi connectivity index (χ4v) is 7.43. The van der Waals surface area contributed by atoms with Crippen LogP contribution in [0.5, 0.6) is 5.75 Å². The summed E-state index contributed by atoms with van der Waals surface area (Å²) in [5.74, 6) is -6.42. The van der Waals surface area contributed by atoms with Crippen molar-refractivity contribution in [3.05, 3.63) is 63.6 Å². The maximum atomic E-state index is 13.9. The van der Waals surface area contributed by atoms with Crippen LogP contribution < -0.4 is 5.73 Å². The number of phenolic OH excluding ortho intramolecular Hbond substituents is 1. The van der Waals surface area contributed by atoms with E-state index in [0.717, 1.165) is 43.4 Å². The number of likely N-dealkylation sites (tertiary alicyclic amines) is 1. The molecule has 4 aliphatic rings. The zero-order valence-corrected chi connectivity index (χ0v) is 22.5. The summed E-state index contributed by atoms with van der Waals surface area (Å²) in [5.41, 5.74) is 3.49. The van der Waals surface area contributed by atoms with E-state index in [4.69, 9.17) is 5.73 Å². The Morgan fingerprint density at radius 2 is 1.82 bits per heavy atom. The number of carbonyl (C=O) groups excluding carboxylic acids is 3. The second kappa shape index (κ2) is 9.15. The van der Waals surface area contributed by atoms with Crippen molar-refractivity contribution in [3.8, 4) is 5.75 Å². The number of phenols is 1. The summed E-state index contributed by atoms with van der Waals surface area (Å²) in [5, 5.41) is 46.8. The molecule has 0 aromatic heterocycles. The number of likely N-dealkylation sites (N-methyl/N-ethyl adjacent to an activating group) is 1. The van der Waals surface area contributed by atoms with Crippen LogP contribution in [-0.4, -0.2) is 86.5 Å². The van der Waals surface area contributed by atoms with Gasteiger partial charge in [-0.3, -0.25) is 24.2 Å². The smallest absolute Gasteiger partial charge is 0.255 e. The largest absolute Gasteiger partial charge is 0.510 e. The van der Waals surface area contributed by atoms with Crippen LogP contribution in [0.25, 0.3) is 10.8 Å². The number of Topliss-reactive ketones (excluding diaryl/α,β-unsaturated/α-hetero) is 2. The van der Waals surface area contributed by atoms with Gasteiger partial charge in [-0.25, -0.2) is 0 Å². The number of hydrogen-bond donors (Lipinski definition) is 5. The number of benzene rings is 2. The zero-order valence-electron chi connectivity index (χ0n) is 22.5. The molecule has 6 rings (SSSR count). The molecule has 40 heavy (non-hydrogen) atoms. The molecule has 210 valence electrons. The van der Waals surface area contributed by atoms with Crippen LogP contribution in [0, 0.1) is 11.8 Å². The maximum absolute atomic E-state index is 13.9. The molecule has 2 aromatic carbocycles. The molecule has 0 unspecified atom stereocenters. The Hall–Kier alpha value is -3.73. The summed E-state index contributed by atoms with van der Waals surface area (Å²) in [6, 6.07) is 6.53. The van der Waals surface area contributed by atoms with E-state index < -0.39 is 58.0 Å². The first-order chi connectivity index (χ1) is 19.0. The van der Waals surface area contributed by atoms with Gasteiger partial charge in [0.15, 0.2) is 11.4 Å². The zero-order chi connectivity index (χ0) is 28.7. The van der Waals surface area contributed by atoms with Gasteiger partial charge in [0, 0.05) is 23.4 Å². The highest BCUT2D eigenvalue weighted by Crippen LogP contribution is 2.52. The number of aromatic hydroxyl groups is 1. The molecule has 4 atom stereocenters. The first-order valence-electron chi connectivity index (χ1n) is 13.6. The van der Waals surface area contributed by atoms with Gasteiger partial charge in [0.05, 0.1) is 11.6 Å². The lowest BCUT2D eigenvalue weighted by Crippen LogP contribution is -2.63. The molecule has 6 N–H and O–H groups in total. The molecule has 0 saturated carbocycles. The first kappa shape index (κ1) is 26.5. The Morgan fingerprint density at radius 1 is 1.12 bits per heavy atom. The third kappa shape index (κ3) is 3.56. The number of aliphatic hydroxyl groups excluding tert-OH is 2. The van der Waals surface area contributed by atoms with Crippen molar-refractivity contribution in [2.24, 2.45) is 17.6 Å². The molecule has 0 bridgehead atoms. The third-order valence-electron chi connectivity index (χ3n) is 9.25. The Morgan fingerprint density at radius 3 is 2.48 bits per heavy atom. The van der Waals surface area contributed by atoms with E-state index in [-0.39, 0.29) is 29.7 Å². The highest BCUT2D eigenvalue weighted by atomic mass is 16.3. The lowest BCUT2D eigenvalue weighted by Gasteiger charge is -2.50. The molecule has 3 aliphatic carbocycles. The van der Waals surface area contributed by atoms with Gasteiger partial charge in [0.25, 0.3) is 5.91 Å². The average Bonchev–Trinajstić information content (AvgIpc) is 3.39. The minimum atomic E-state index is -2.64. The quantitative estimate of drug-likeness (QED) is 0.359. The molecule has 2 aromatic rings. The summed E-state index contributed by atoms with van der Waals surface area (Å²) in [6.45, 7) is 2.75. The van der Waals surface area contributed by atoms with Crippen LogP contribution >= 0.6 is 0 Å². The van der Waals surface area contributed by atoms with Crippen LogP contribution in [0.2, 0.25) is 0 Å². The summed E-state index contributed by atoms with van der Waals surface area (Å²) < 4.78 is 0. The van der Waals surface area contributed by atoms with Gasteiger partial charge in [-0.2, -0.15) is 0 Å². The first-order valence-corrected chi connectivity index (χ1v) is 13.6. The number of primary amides is 1. The highest BCUT2D eigenvalue weighted by molar-refractivity contribution is 6.25. The number of ketones is 2. The molecular formula is C30H33N3O7. The number of carbonyl (C=O) groups is 3. The van der Waals surface area contributed by atoms with Gasteiger partial charge in [0.1, 0.15) is 22.8 Å². The lowest BCUT2D eigenvalue weighted by atomic mass is 9.58.